The first kappa shape index (κ1) is 22.3. The number of aryl methyl sites for hydroxylation is 1. The number of amides is 1. The molecule has 1 heterocycles. The van der Waals surface area contributed by atoms with Crippen LogP contribution in [0.4, 0.5) is 5.69 Å². The first-order valence-corrected chi connectivity index (χ1v) is 11.9. The minimum atomic E-state index is -3.82. The third-order valence-electron chi connectivity index (χ3n) is 5.08. The summed E-state index contributed by atoms with van der Waals surface area (Å²) < 4.78 is 30.1. The van der Waals surface area contributed by atoms with E-state index >= 15 is 0 Å². The molecule has 0 saturated carbocycles. The van der Waals surface area contributed by atoms with E-state index in [0.717, 1.165) is 23.2 Å². The Morgan fingerprint density at radius 2 is 1.73 bits per heavy atom. The molecule has 0 fully saturated rings. The van der Waals surface area contributed by atoms with E-state index < -0.39 is 10.0 Å². The number of anilines is 1. The van der Waals surface area contributed by atoms with Crippen molar-refractivity contribution < 1.29 is 13.2 Å². The van der Waals surface area contributed by atoms with Gasteiger partial charge in [-0.15, -0.1) is 0 Å². The third kappa shape index (κ3) is 5.87. The van der Waals surface area contributed by atoms with Gasteiger partial charge in [-0.25, -0.2) is 13.4 Å². The van der Waals surface area contributed by atoms with Gasteiger partial charge >= 0.3 is 0 Å². The maximum Gasteiger partial charge on any atom is 0.261 e. The van der Waals surface area contributed by atoms with E-state index in [2.05, 4.69) is 15.0 Å². The highest BCUT2D eigenvalue weighted by Gasteiger charge is 2.16. The molecular formula is C25H24N4O3S. The SMILES string of the molecule is Cc1cccc(NS(=O)(=O)c2cccc(C(=O)NCc3ccc(Cn4ccnc4)cc3)c2)c1. The topological polar surface area (TPSA) is 93.1 Å². The van der Waals surface area contributed by atoms with Gasteiger partial charge in [0.25, 0.3) is 15.9 Å². The van der Waals surface area contributed by atoms with Gasteiger partial charge in [-0.3, -0.25) is 9.52 Å². The first-order chi connectivity index (χ1) is 15.9. The summed E-state index contributed by atoms with van der Waals surface area (Å²) >= 11 is 0. The molecule has 33 heavy (non-hydrogen) atoms. The molecule has 0 aliphatic heterocycles. The van der Waals surface area contributed by atoms with Crippen molar-refractivity contribution in [1.29, 1.82) is 0 Å². The maximum atomic E-state index is 12.8. The van der Waals surface area contributed by atoms with E-state index in [9.17, 15) is 13.2 Å². The largest absolute Gasteiger partial charge is 0.348 e. The number of sulfonamides is 1. The van der Waals surface area contributed by atoms with Gasteiger partial charge in [0.1, 0.15) is 0 Å². The first-order valence-electron chi connectivity index (χ1n) is 10.4. The van der Waals surface area contributed by atoms with Crippen LogP contribution in [0, 0.1) is 6.92 Å². The molecule has 0 aliphatic rings. The number of hydrogen-bond donors (Lipinski definition) is 2. The lowest BCUT2D eigenvalue weighted by atomic mass is 10.1. The zero-order valence-electron chi connectivity index (χ0n) is 18.1. The van der Waals surface area contributed by atoms with Crippen molar-refractivity contribution in [3.8, 4) is 0 Å². The Bertz CT molecular complexity index is 1350. The van der Waals surface area contributed by atoms with E-state index in [1.54, 1.807) is 42.9 Å². The second-order valence-electron chi connectivity index (χ2n) is 7.74. The highest BCUT2D eigenvalue weighted by atomic mass is 32.2. The predicted molar refractivity (Wildman–Crippen MR) is 127 cm³/mol. The Hall–Kier alpha value is -3.91. The average molecular weight is 461 g/mol. The van der Waals surface area contributed by atoms with Gasteiger partial charge in [-0.05, 0) is 53.9 Å². The molecule has 0 bridgehead atoms. The minimum Gasteiger partial charge on any atom is -0.348 e. The normalized spacial score (nSPS) is 11.2. The summed E-state index contributed by atoms with van der Waals surface area (Å²) in [5.41, 5.74) is 3.77. The van der Waals surface area contributed by atoms with Crippen LogP contribution < -0.4 is 10.0 Å². The highest BCUT2D eigenvalue weighted by molar-refractivity contribution is 7.92. The standard InChI is InChI=1S/C25H24N4O3S/c1-19-4-2-6-23(14-19)28-33(31,32)24-7-3-5-22(15-24)25(30)27-16-20-8-10-21(11-9-20)17-29-13-12-26-18-29/h2-15,18,28H,16-17H2,1H3,(H,27,30). The Morgan fingerprint density at radius 3 is 2.45 bits per heavy atom. The number of imidazole rings is 1. The fourth-order valence-corrected chi connectivity index (χ4v) is 4.46. The molecule has 0 unspecified atom stereocenters. The molecule has 0 aliphatic carbocycles. The lowest BCUT2D eigenvalue weighted by Crippen LogP contribution is -2.23. The summed E-state index contributed by atoms with van der Waals surface area (Å²) in [5, 5.41) is 2.85. The van der Waals surface area contributed by atoms with E-state index in [1.165, 1.54) is 12.1 Å². The van der Waals surface area contributed by atoms with Crippen molar-refractivity contribution in [3.63, 3.8) is 0 Å². The second kappa shape index (κ2) is 9.70. The Kier molecular flexibility index (Phi) is 6.55. The molecule has 7 nitrogen and oxygen atoms in total. The van der Waals surface area contributed by atoms with Crippen molar-refractivity contribution >= 4 is 21.6 Å². The molecular weight excluding hydrogens is 436 g/mol. The van der Waals surface area contributed by atoms with Crippen molar-refractivity contribution in [2.24, 2.45) is 0 Å². The van der Waals surface area contributed by atoms with Gasteiger partial charge in [0.15, 0.2) is 0 Å². The van der Waals surface area contributed by atoms with Gasteiger partial charge in [-0.2, -0.15) is 0 Å². The third-order valence-corrected chi connectivity index (χ3v) is 6.46. The molecule has 3 aromatic carbocycles. The molecule has 1 aromatic heterocycles. The summed E-state index contributed by atoms with van der Waals surface area (Å²) in [4.78, 5) is 16.7. The molecule has 8 heteroatoms. The summed E-state index contributed by atoms with van der Waals surface area (Å²) in [6.45, 7) is 2.95. The zero-order valence-corrected chi connectivity index (χ0v) is 18.9. The predicted octanol–water partition coefficient (Wildman–Crippen LogP) is 3.97. The molecule has 2 N–H and O–H groups in total. The number of nitrogens with one attached hydrogen (secondary N) is 2. The molecule has 168 valence electrons. The molecule has 0 saturated heterocycles. The van der Waals surface area contributed by atoms with Gasteiger partial charge in [0.05, 0.1) is 11.2 Å². The second-order valence-corrected chi connectivity index (χ2v) is 9.42. The lowest BCUT2D eigenvalue weighted by molar-refractivity contribution is 0.0950. The molecule has 1 amide bonds. The smallest absolute Gasteiger partial charge is 0.261 e. The van der Waals surface area contributed by atoms with E-state index in [-0.39, 0.29) is 16.4 Å². The van der Waals surface area contributed by atoms with Crippen molar-refractivity contribution in [3.05, 3.63) is 114 Å². The van der Waals surface area contributed by atoms with E-state index in [1.807, 2.05) is 48.0 Å². The Morgan fingerprint density at radius 1 is 0.970 bits per heavy atom. The van der Waals surface area contributed by atoms with E-state index in [0.29, 0.717) is 12.2 Å². The molecule has 0 radical (unpaired) electrons. The maximum absolute atomic E-state index is 12.8. The number of hydrogen-bond acceptors (Lipinski definition) is 4. The van der Waals surface area contributed by atoms with Crippen LogP contribution >= 0.6 is 0 Å². The van der Waals surface area contributed by atoms with Crippen LogP contribution in [-0.2, 0) is 23.1 Å². The van der Waals surface area contributed by atoms with Crippen LogP contribution in [-0.4, -0.2) is 23.9 Å². The summed E-state index contributed by atoms with van der Waals surface area (Å²) in [6, 6.07) is 21.0. The fourth-order valence-electron chi connectivity index (χ4n) is 3.37. The molecule has 0 atom stereocenters. The van der Waals surface area contributed by atoms with E-state index in [4.69, 9.17) is 0 Å². The monoisotopic (exact) mass is 460 g/mol. The van der Waals surface area contributed by atoms with Crippen LogP contribution in [0.2, 0.25) is 0 Å². The van der Waals surface area contributed by atoms with Crippen molar-refractivity contribution in [2.45, 2.75) is 24.9 Å². The number of benzene rings is 3. The van der Waals surface area contributed by atoms with Crippen molar-refractivity contribution in [2.75, 3.05) is 4.72 Å². The quantitative estimate of drug-likeness (QED) is 0.416. The number of carbonyl (C=O) groups excluding carboxylic acids is 1. The van der Waals surface area contributed by atoms with Gasteiger partial charge in [-0.1, -0.05) is 42.5 Å². The van der Waals surface area contributed by atoms with Crippen LogP contribution in [0.1, 0.15) is 27.0 Å². The lowest BCUT2D eigenvalue weighted by Gasteiger charge is -2.11. The number of aromatic nitrogens is 2. The van der Waals surface area contributed by atoms with Crippen LogP contribution in [0.5, 0.6) is 0 Å². The molecule has 4 rings (SSSR count). The summed E-state index contributed by atoms with van der Waals surface area (Å²) in [7, 11) is -3.82. The number of carbonyl (C=O) groups is 1. The van der Waals surface area contributed by atoms with Crippen molar-refractivity contribution in [1.82, 2.24) is 14.9 Å². The van der Waals surface area contributed by atoms with Gasteiger partial charge in [0.2, 0.25) is 0 Å². The summed E-state index contributed by atoms with van der Waals surface area (Å²) in [6.07, 6.45) is 5.40. The van der Waals surface area contributed by atoms with Crippen LogP contribution in [0.3, 0.4) is 0 Å². The van der Waals surface area contributed by atoms with Gasteiger partial charge in [0, 0.05) is 36.7 Å². The highest BCUT2D eigenvalue weighted by Crippen LogP contribution is 2.18. The van der Waals surface area contributed by atoms with Crippen LogP contribution in [0.25, 0.3) is 0 Å². The fraction of sp³-hybridized carbons (Fsp3) is 0.120. The number of nitrogens with zero attached hydrogens (tertiary/aromatic N) is 2. The number of rotatable bonds is 8. The van der Waals surface area contributed by atoms with Gasteiger partial charge < -0.3 is 9.88 Å². The summed E-state index contributed by atoms with van der Waals surface area (Å²) in [5.74, 6) is -0.343. The Balaban J connectivity index is 1.39. The molecule has 4 aromatic rings. The Labute approximate surface area is 193 Å². The minimum absolute atomic E-state index is 0.0283. The molecule has 0 spiro atoms. The van der Waals surface area contributed by atoms with Crippen LogP contribution in [0.15, 0.2) is 96.4 Å². The average Bonchev–Trinajstić information content (AvgIpc) is 3.31. The zero-order chi connectivity index (χ0) is 23.3.